The summed E-state index contributed by atoms with van der Waals surface area (Å²) in [6, 6.07) is 9.77. The second-order valence-electron chi connectivity index (χ2n) is 5.38. The maximum Gasteiger partial charge on any atom is 0.151 e. The molecule has 0 radical (unpaired) electrons. The highest BCUT2D eigenvalue weighted by Gasteiger charge is 2.29. The lowest BCUT2D eigenvalue weighted by molar-refractivity contribution is 0.632. The smallest absolute Gasteiger partial charge is 0.151 e. The van der Waals surface area contributed by atoms with Crippen molar-refractivity contribution in [3.8, 4) is 11.4 Å². The highest BCUT2D eigenvalue weighted by atomic mass is 19.1. The first-order valence-electron chi connectivity index (χ1n) is 6.87. The van der Waals surface area contributed by atoms with Gasteiger partial charge in [0.2, 0.25) is 0 Å². The second kappa shape index (κ2) is 4.28. The van der Waals surface area contributed by atoms with E-state index in [0.717, 1.165) is 18.4 Å². The van der Waals surface area contributed by atoms with Gasteiger partial charge in [0.15, 0.2) is 5.82 Å². The summed E-state index contributed by atoms with van der Waals surface area (Å²) in [5.41, 5.74) is 7.54. The predicted octanol–water partition coefficient (Wildman–Crippen LogP) is 3.90. The number of nitrogens with two attached hydrogens (primary N) is 1. The molecule has 0 aliphatic heterocycles. The molecule has 3 nitrogen and oxygen atoms in total. The van der Waals surface area contributed by atoms with Crippen molar-refractivity contribution in [3.05, 3.63) is 48.0 Å². The first-order chi connectivity index (χ1) is 10.1. The van der Waals surface area contributed by atoms with Gasteiger partial charge in [-0.1, -0.05) is 6.07 Å². The number of nitrogens with zero attached hydrogens (tertiary/aromatic N) is 2. The van der Waals surface area contributed by atoms with Gasteiger partial charge in [-0.2, -0.15) is 0 Å². The van der Waals surface area contributed by atoms with E-state index in [4.69, 9.17) is 5.73 Å². The summed E-state index contributed by atoms with van der Waals surface area (Å²) in [6.07, 6.45) is 2.09. The van der Waals surface area contributed by atoms with Crippen molar-refractivity contribution in [3.63, 3.8) is 0 Å². The average molecular weight is 285 g/mol. The summed E-state index contributed by atoms with van der Waals surface area (Å²) in [6.45, 7) is 0. The summed E-state index contributed by atoms with van der Waals surface area (Å²) in [7, 11) is 0. The molecule has 4 rings (SSSR count). The van der Waals surface area contributed by atoms with Gasteiger partial charge >= 0.3 is 0 Å². The van der Waals surface area contributed by atoms with E-state index in [9.17, 15) is 8.78 Å². The molecule has 2 N–H and O–H groups in total. The van der Waals surface area contributed by atoms with Crippen LogP contribution in [0.3, 0.4) is 0 Å². The van der Waals surface area contributed by atoms with Crippen molar-refractivity contribution in [1.82, 2.24) is 9.55 Å². The fourth-order valence-electron chi connectivity index (χ4n) is 2.67. The van der Waals surface area contributed by atoms with E-state index in [1.165, 1.54) is 12.1 Å². The van der Waals surface area contributed by atoms with Crippen molar-refractivity contribution in [2.75, 3.05) is 5.73 Å². The molecule has 0 unspecified atom stereocenters. The van der Waals surface area contributed by atoms with Crippen LogP contribution in [-0.2, 0) is 0 Å². The third-order valence-corrected chi connectivity index (χ3v) is 3.84. The van der Waals surface area contributed by atoms with E-state index >= 15 is 0 Å². The second-order valence-corrected chi connectivity index (χ2v) is 5.38. The number of fused-ring (bicyclic) bond motifs is 1. The van der Waals surface area contributed by atoms with Gasteiger partial charge in [-0.25, -0.2) is 13.8 Å². The Kier molecular flexibility index (Phi) is 2.51. The van der Waals surface area contributed by atoms with Gasteiger partial charge in [0.25, 0.3) is 0 Å². The first-order valence-corrected chi connectivity index (χ1v) is 6.87. The quantitative estimate of drug-likeness (QED) is 0.726. The van der Waals surface area contributed by atoms with Crippen LogP contribution in [0.2, 0.25) is 0 Å². The van der Waals surface area contributed by atoms with Gasteiger partial charge in [-0.05, 0) is 43.2 Å². The van der Waals surface area contributed by atoms with Crippen molar-refractivity contribution in [2.45, 2.75) is 18.9 Å². The van der Waals surface area contributed by atoms with E-state index in [2.05, 4.69) is 4.98 Å². The van der Waals surface area contributed by atoms with Gasteiger partial charge in [-0.3, -0.25) is 0 Å². The number of hydrogen-bond donors (Lipinski definition) is 1. The molecule has 0 spiro atoms. The summed E-state index contributed by atoms with van der Waals surface area (Å²) < 4.78 is 29.3. The molecule has 1 heterocycles. The van der Waals surface area contributed by atoms with Gasteiger partial charge in [0.05, 0.1) is 11.2 Å². The number of para-hydroxylation sites is 1. The van der Waals surface area contributed by atoms with E-state index in [0.29, 0.717) is 22.9 Å². The zero-order chi connectivity index (χ0) is 14.6. The molecule has 0 saturated heterocycles. The Morgan fingerprint density at radius 1 is 1.10 bits per heavy atom. The maximum atomic E-state index is 14.0. The summed E-state index contributed by atoms with van der Waals surface area (Å²) in [5.74, 6) is -0.161. The van der Waals surface area contributed by atoms with Crippen molar-refractivity contribution in [1.29, 1.82) is 0 Å². The topological polar surface area (TPSA) is 43.8 Å². The molecule has 1 aliphatic rings. The van der Waals surface area contributed by atoms with Gasteiger partial charge < -0.3 is 10.3 Å². The summed E-state index contributed by atoms with van der Waals surface area (Å²) in [4.78, 5) is 4.42. The predicted molar refractivity (Wildman–Crippen MR) is 77.8 cm³/mol. The van der Waals surface area contributed by atoms with Gasteiger partial charge in [-0.15, -0.1) is 0 Å². The maximum absolute atomic E-state index is 14.0. The van der Waals surface area contributed by atoms with Gasteiger partial charge in [0, 0.05) is 11.6 Å². The molecule has 1 saturated carbocycles. The molecule has 106 valence electrons. The Morgan fingerprint density at radius 3 is 2.62 bits per heavy atom. The third kappa shape index (κ3) is 1.88. The molecule has 1 aromatic heterocycles. The minimum Gasteiger partial charge on any atom is -0.396 e. The average Bonchev–Trinajstić information content (AvgIpc) is 3.22. The fourth-order valence-corrected chi connectivity index (χ4v) is 2.67. The Morgan fingerprint density at radius 2 is 1.90 bits per heavy atom. The highest BCUT2D eigenvalue weighted by molar-refractivity contribution is 5.82. The minimum absolute atomic E-state index is 0.0716. The van der Waals surface area contributed by atoms with Crippen LogP contribution >= 0.6 is 0 Å². The number of rotatable bonds is 2. The molecular formula is C16H13F2N3. The molecule has 0 bridgehead atoms. The molecule has 0 amide bonds. The number of aromatic nitrogens is 2. The van der Waals surface area contributed by atoms with E-state index in [-0.39, 0.29) is 11.5 Å². The van der Waals surface area contributed by atoms with E-state index in [1.54, 1.807) is 18.2 Å². The SMILES string of the molecule is Nc1cc(-c2nc3c(F)cccc3n2C2CC2)ccc1F. The molecule has 1 fully saturated rings. The largest absolute Gasteiger partial charge is 0.396 e. The van der Waals surface area contributed by atoms with Crippen LogP contribution in [0.15, 0.2) is 36.4 Å². The van der Waals surface area contributed by atoms with Crippen LogP contribution in [-0.4, -0.2) is 9.55 Å². The van der Waals surface area contributed by atoms with E-state index < -0.39 is 5.82 Å². The zero-order valence-electron chi connectivity index (χ0n) is 11.2. The first kappa shape index (κ1) is 12.3. The Balaban J connectivity index is 2.01. The number of halogens is 2. The lowest BCUT2D eigenvalue weighted by Crippen LogP contribution is -1.98. The van der Waals surface area contributed by atoms with Crippen LogP contribution < -0.4 is 5.73 Å². The van der Waals surface area contributed by atoms with Crippen LogP contribution in [0, 0.1) is 11.6 Å². The number of anilines is 1. The molecule has 2 aromatic carbocycles. The van der Waals surface area contributed by atoms with Crippen LogP contribution in [0.1, 0.15) is 18.9 Å². The minimum atomic E-state index is -0.459. The molecule has 1 aliphatic carbocycles. The standard InChI is InChI=1S/C16H13F2N3/c17-11-7-4-9(8-13(11)19)16-20-15-12(18)2-1-3-14(15)21(16)10-5-6-10/h1-4,7-8,10H,5-6,19H2. The summed E-state index contributed by atoms with van der Waals surface area (Å²) in [5, 5.41) is 0. The fraction of sp³-hybridized carbons (Fsp3) is 0.188. The van der Waals surface area contributed by atoms with Crippen molar-refractivity contribution >= 4 is 16.7 Å². The third-order valence-electron chi connectivity index (χ3n) is 3.84. The Hall–Kier alpha value is -2.43. The molecule has 0 atom stereocenters. The number of imidazole rings is 1. The highest BCUT2D eigenvalue weighted by Crippen LogP contribution is 2.41. The number of nitrogen functional groups attached to an aromatic ring is 1. The van der Waals surface area contributed by atoms with Crippen LogP contribution in [0.4, 0.5) is 14.5 Å². The molecule has 3 aromatic rings. The monoisotopic (exact) mass is 285 g/mol. The van der Waals surface area contributed by atoms with Crippen LogP contribution in [0.25, 0.3) is 22.4 Å². The Bertz CT molecular complexity index is 850. The molecule has 21 heavy (non-hydrogen) atoms. The Labute approximate surface area is 120 Å². The molecular weight excluding hydrogens is 272 g/mol. The van der Waals surface area contributed by atoms with Crippen molar-refractivity contribution in [2.24, 2.45) is 0 Å². The normalized spacial score (nSPS) is 14.8. The van der Waals surface area contributed by atoms with Crippen molar-refractivity contribution < 1.29 is 8.78 Å². The lowest BCUT2D eigenvalue weighted by atomic mass is 10.2. The number of benzene rings is 2. The zero-order valence-corrected chi connectivity index (χ0v) is 11.2. The summed E-state index contributed by atoms with van der Waals surface area (Å²) >= 11 is 0. The van der Waals surface area contributed by atoms with E-state index in [1.807, 2.05) is 10.6 Å². The number of hydrogen-bond acceptors (Lipinski definition) is 2. The lowest BCUT2D eigenvalue weighted by Gasteiger charge is -2.08. The van der Waals surface area contributed by atoms with Crippen LogP contribution in [0.5, 0.6) is 0 Å². The van der Waals surface area contributed by atoms with Gasteiger partial charge in [0.1, 0.15) is 17.2 Å². The molecule has 5 heteroatoms.